The first-order valence-corrected chi connectivity index (χ1v) is 10.1. The minimum Gasteiger partial charge on any atom is -0.492 e. The SMILES string of the molecule is CCNC(=NCCOc1ccc(Cl)cc1)N1CCC(OCCCOC)CC1.I. The van der Waals surface area contributed by atoms with Crippen molar-refractivity contribution in [2.75, 3.05) is 53.1 Å². The molecule has 1 aromatic rings. The number of likely N-dealkylation sites (tertiary alicyclic amines) is 1. The topological polar surface area (TPSA) is 55.3 Å². The Labute approximate surface area is 191 Å². The first-order chi connectivity index (χ1) is 13.2. The Bertz CT molecular complexity index is 552. The molecule has 0 spiro atoms. The van der Waals surface area contributed by atoms with Gasteiger partial charge in [0.25, 0.3) is 0 Å². The van der Waals surface area contributed by atoms with Gasteiger partial charge in [-0.3, -0.25) is 0 Å². The number of piperidine rings is 1. The third-order valence-corrected chi connectivity index (χ3v) is 4.61. The van der Waals surface area contributed by atoms with Gasteiger partial charge in [0.1, 0.15) is 12.4 Å². The molecule has 8 heteroatoms. The first kappa shape index (κ1) is 25.3. The van der Waals surface area contributed by atoms with Crippen LogP contribution in [-0.4, -0.2) is 70.1 Å². The van der Waals surface area contributed by atoms with E-state index >= 15 is 0 Å². The molecule has 6 nitrogen and oxygen atoms in total. The first-order valence-electron chi connectivity index (χ1n) is 9.75. The molecule has 0 unspecified atom stereocenters. The van der Waals surface area contributed by atoms with Gasteiger partial charge in [-0.05, 0) is 50.5 Å². The van der Waals surface area contributed by atoms with E-state index in [1.165, 1.54) is 0 Å². The van der Waals surface area contributed by atoms with Gasteiger partial charge in [-0.1, -0.05) is 11.6 Å². The molecule has 0 amide bonds. The summed E-state index contributed by atoms with van der Waals surface area (Å²) < 4.78 is 16.7. The molecular weight excluding hydrogens is 493 g/mol. The number of hydrogen-bond acceptors (Lipinski definition) is 4. The molecule has 1 aliphatic heterocycles. The summed E-state index contributed by atoms with van der Waals surface area (Å²) in [4.78, 5) is 7.01. The molecule has 1 saturated heterocycles. The van der Waals surface area contributed by atoms with Gasteiger partial charge in [0.2, 0.25) is 0 Å². The maximum Gasteiger partial charge on any atom is 0.194 e. The van der Waals surface area contributed by atoms with Crippen molar-refractivity contribution in [1.82, 2.24) is 10.2 Å². The fourth-order valence-electron chi connectivity index (χ4n) is 2.96. The normalized spacial score (nSPS) is 15.2. The molecule has 1 fully saturated rings. The Balaban J connectivity index is 0.00000392. The van der Waals surface area contributed by atoms with E-state index in [1.807, 2.05) is 24.3 Å². The average Bonchev–Trinajstić information content (AvgIpc) is 2.69. The van der Waals surface area contributed by atoms with Gasteiger partial charge in [0.15, 0.2) is 5.96 Å². The van der Waals surface area contributed by atoms with Gasteiger partial charge in [-0.15, -0.1) is 24.0 Å². The molecule has 1 aliphatic rings. The standard InChI is InChI=1S/C20H32ClN3O3.HI/c1-3-22-20(23-11-16-27-18-7-5-17(21)6-8-18)24-12-9-19(10-13-24)26-15-4-14-25-2;/h5-8,19H,3-4,9-16H2,1-2H3,(H,22,23);1H. The van der Waals surface area contributed by atoms with Crippen molar-refractivity contribution in [2.24, 2.45) is 4.99 Å². The zero-order valence-electron chi connectivity index (χ0n) is 16.9. The maximum atomic E-state index is 5.93. The Morgan fingerprint density at radius 2 is 1.89 bits per heavy atom. The fourth-order valence-corrected chi connectivity index (χ4v) is 3.09. The van der Waals surface area contributed by atoms with Gasteiger partial charge in [0.05, 0.1) is 12.6 Å². The monoisotopic (exact) mass is 525 g/mol. The van der Waals surface area contributed by atoms with Crippen molar-refractivity contribution in [3.8, 4) is 5.75 Å². The minimum atomic E-state index is 0. The van der Waals surface area contributed by atoms with Crippen LogP contribution < -0.4 is 10.1 Å². The van der Waals surface area contributed by atoms with E-state index in [0.717, 1.165) is 63.8 Å². The maximum absolute atomic E-state index is 5.93. The van der Waals surface area contributed by atoms with Crippen LogP contribution in [0.3, 0.4) is 0 Å². The highest BCUT2D eigenvalue weighted by atomic mass is 127. The van der Waals surface area contributed by atoms with Crippen molar-refractivity contribution in [2.45, 2.75) is 32.3 Å². The predicted molar refractivity (Wildman–Crippen MR) is 125 cm³/mol. The summed E-state index contributed by atoms with van der Waals surface area (Å²) in [6.07, 6.45) is 3.35. The smallest absolute Gasteiger partial charge is 0.194 e. The third-order valence-electron chi connectivity index (χ3n) is 4.36. The van der Waals surface area contributed by atoms with Gasteiger partial charge < -0.3 is 24.4 Å². The van der Waals surface area contributed by atoms with Gasteiger partial charge >= 0.3 is 0 Å². The number of ether oxygens (including phenoxy) is 3. The van der Waals surface area contributed by atoms with Crippen LogP contribution in [0.4, 0.5) is 0 Å². The van der Waals surface area contributed by atoms with E-state index in [0.29, 0.717) is 24.3 Å². The number of nitrogens with one attached hydrogen (secondary N) is 1. The second-order valence-electron chi connectivity index (χ2n) is 6.44. The quantitative estimate of drug-likeness (QED) is 0.218. The van der Waals surface area contributed by atoms with E-state index < -0.39 is 0 Å². The second kappa shape index (κ2) is 15.1. The lowest BCUT2D eigenvalue weighted by Gasteiger charge is -2.34. The van der Waals surface area contributed by atoms with Crippen molar-refractivity contribution >= 4 is 41.5 Å². The van der Waals surface area contributed by atoms with Gasteiger partial charge in [-0.2, -0.15) is 0 Å². The number of rotatable bonds is 10. The van der Waals surface area contributed by atoms with Crippen LogP contribution in [0.1, 0.15) is 26.2 Å². The van der Waals surface area contributed by atoms with Crippen LogP contribution in [0.2, 0.25) is 5.02 Å². The van der Waals surface area contributed by atoms with Crippen LogP contribution in [-0.2, 0) is 9.47 Å². The Morgan fingerprint density at radius 1 is 1.18 bits per heavy atom. The molecule has 28 heavy (non-hydrogen) atoms. The molecule has 0 bridgehead atoms. The van der Waals surface area contributed by atoms with Crippen LogP contribution >= 0.6 is 35.6 Å². The Kier molecular flexibility index (Phi) is 13.6. The van der Waals surface area contributed by atoms with Crippen LogP contribution in [0.5, 0.6) is 5.75 Å². The summed E-state index contributed by atoms with van der Waals surface area (Å²) in [5.74, 6) is 1.76. The Morgan fingerprint density at radius 3 is 2.54 bits per heavy atom. The highest BCUT2D eigenvalue weighted by Crippen LogP contribution is 2.16. The molecule has 1 aromatic carbocycles. The molecule has 0 radical (unpaired) electrons. The number of hydrogen-bond donors (Lipinski definition) is 1. The van der Waals surface area contributed by atoms with Crippen molar-refractivity contribution in [3.63, 3.8) is 0 Å². The summed E-state index contributed by atoms with van der Waals surface area (Å²) in [7, 11) is 1.72. The third kappa shape index (κ3) is 9.62. The van der Waals surface area contributed by atoms with Crippen LogP contribution in [0, 0.1) is 0 Å². The largest absolute Gasteiger partial charge is 0.492 e. The second-order valence-corrected chi connectivity index (χ2v) is 6.88. The lowest BCUT2D eigenvalue weighted by Crippen LogP contribution is -2.47. The van der Waals surface area contributed by atoms with Crippen molar-refractivity contribution < 1.29 is 14.2 Å². The summed E-state index contributed by atoms with van der Waals surface area (Å²) in [6, 6.07) is 7.39. The number of nitrogens with zero attached hydrogens (tertiary/aromatic N) is 2. The lowest BCUT2D eigenvalue weighted by atomic mass is 10.1. The van der Waals surface area contributed by atoms with Crippen molar-refractivity contribution in [3.05, 3.63) is 29.3 Å². The molecule has 1 heterocycles. The summed E-state index contributed by atoms with van der Waals surface area (Å²) in [5, 5.41) is 4.09. The lowest BCUT2D eigenvalue weighted by molar-refractivity contribution is 0.00990. The minimum absolute atomic E-state index is 0. The molecule has 0 aromatic heterocycles. The highest BCUT2D eigenvalue weighted by molar-refractivity contribution is 14.0. The summed E-state index contributed by atoms with van der Waals surface area (Å²) in [5.41, 5.74) is 0. The predicted octanol–water partition coefficient (Wildman–Crippen LogP) is 3.82. The average molecular weight is 526 g/mol. The highest BCUT2D eigenvalue weighted by Gasteiger charge is 2.21. The molecule has 2 rings (SSSR count). The molecular formula is C20H33ClIN3O3. The molecule has 0 atom stereocenters. The van der Waals surface area contributed by atoms with E-state index in [-0.39, 0.29) is 24.0 Å². The summed E-state index contributed by atoms with van der Waals surface area (Å²) in [6.45, 7) is 7.53. The zero-order valence-corrected chi connectivity index (χ0v) is 19.9. The fraction of sp³-hybridized carbons (Fsp3) is 0.650. The zero-order chi connectivity index (χ0) is 19.3. The van der Waals surface area contributed by atoms with E-state index in [9.17, 15) is 0 Å². The van der Waals surface area contributed by atoms with Crippen LogP contribution in [0.25, 0.3) is 0 Å². The number of methoxy groups -OCH3 is 1. The van der Waals surface area contributed by atoms with E-state index in [4.69, 9.17) is 30.8 Å². The Hall–Kier alpha value is -0.770. The number of benzene rings is 1. The number of halogens is 2. The molecule has 1 N–H and O–H groups in total. The van der Waals surface area contributed by atoms with E-state index in [1.54, 1.807) is 7.11 Å². The van der Waals surface area contributed by atoms with E-state index in [2.05, 4.69) is 17.1 Å². The molecule has 0 aliphatic carbocycles. The number of aliphatic imine (C=N–C) groups is 1. The molecule has 0 saturated carbocycles. The van der Waals surface area contributed by atoms with Crippen LogP contribution in [0.15, 0.2) is 29.3 Å². The molecule has 160 valence electrons. The van der Waals surface area contributed by atoms with Gasteiger partial charge in [-0.25, -0.2) is 4.99 Å². The van der Waals surface area contributed by atoms with Gasteiger partial charge in [0, 0.05) is 45.0 Å². The number of guanidine groups is 1. The summed E-state index contributed by atoms with van der Waals surface area (Å²) >= 11 is 5.88. The van der Waals surface area contributed by atoms with Crippen molar-refractivity contribution in [1.29, 1.82) is 0 Å².